The van der Waals surface area contributed by atoms with Crippen molar-refractivity contribution in [3.05, 3.63) is 42.4 Å². The zero-order chi connectivity index (χ0) is 8.39. The highest BCUT2D eigenvalue weighted by atomic mass is 16.3. The van der Waals surface area contributed by atoms with Crippen LogP contribution in [0.15, 0.2) is 35.3 Å². The van der Waals surface area contributed by atoms with Crippen molar-refractivity contribution in [2.24, 2.45) is 0 Å². The zero-order valence-electron chi connectivity index (χ0n) is 6.90. The molecule has 0 aliphatic heterocycles. The van der Waals surface area contributed by atoms with Crippen molar-refractivity contribution in [1.29, 1.82) is 0 Å². The van der Waals surface area contributed by atoms with Gasteiger partial charge >= 0.3 is 0 Å². The molecule has 0 saturated heterocycles. The summed E-state index contributed by atoms with van der Waals surface area (Å²) in [5.41, 5.74) is 1.14. The largest absolute Gasteiger partial charge is 0.467 e. The van der Waals surface area contributed by atoms with Crippen molar-refractivity contribution in [2.75, 3.05) is 0 Å². The Balaban J connectivity index is 2.20. The average Bonchev–Trinajstić information content (AvgIpc) is 2.65. The molecule has 0 fully saturated rings. The Labute approximate surface area is 70.7 Å². The molecular formula is C9H10N2O. The minimum atomic E-state index is 0.763. The molecule has 0 aliphatic rings. The third-order valence-electron chi connectivity index (χ3n) is 1.83. The molecule has 2 aromatic heterocycles. The molecule has 3 heteroatoms. The van der Waals surface area contributed by atoms with E-state index < -0.39 is 0 Å². The molecule has 0 spiro atoms. The fraction of sp³-hybridized carbons (Fsp3) is 0.222. The van der Waals surface area contributed by atoms with Gasteiger partial charge in [-0.1, -0.05) is 0 Å². The van der Waals surface area contributed by atoms with Crippen LogP contribution in [0, 0.1) is 6.92 Å². The van der Waals surface area contributed by atoms with E-state index in [0.717, 1.165) is 18.0 Å². The lowest BCUT2D eigenvalue weighted by Crippen LogP contribution is -1.98. The van der Waals surface area contributed by atoms with E-state index in [2.05, 4.69) is 4.98 Å². The van der Waals surface area contributed by atoms with Gasteiger partial charge in [0.25, 0.3) is 0 Å². The van der Waals surface area contributed by atoms with Gasteiger partial charge in [-0.15, -0.1) is 0 Å². The van der Waals surface area contributed by atoms with Gasteiger partial charge in [0.1, 0.15) is 5.76 Å². The molecule has 0 aliphatic carbocycles. The molecule has 0 unspecified atom stereocenters. The molecule has 0 bridgehead atoms. The van der Waals surface area contributed by atoms with Gasteiger partial charge in [0.05, 0.1) is 19.1 Å². The highest BCUT2D eigenvalue weighted by molar-refractivity contribution is 5.02. The second-order valence-electron chi connectivity index (χ2n) is 2.74. The van der Waals surface area contributed by atoms with Crippen LogP contribution in [0.25, 0.3) is 0 Å². The summed E-state index contributed by atoms with van der Waals surface area (Å²) in [4.78, 5) is 4.02. The summed E-state index contributed by atoms with van der Waals surface area (Å²) < 4.78 is 7.25. The minimum absolute atomic E-state index is 0.763. The molecule has 2 aromatic rings. The SMILES string of the molecule is Cc1cncn1Cc1ccco1. The van der Waals surface area contributed by atoms with Crippen LogP contribution in [-0.4, -0.2) is 9.55 Å². The van der Waals surface area contributed by atoms with Gasteiger partial charge in [-0.3, -0.25) is 0 Å². The Hall–Kier alpha value is -1.51. The van der Waals surface area contributed by atoms with Crippen LogP contribution in [0.4, 0.5) is 0 Å². The fourth-order valence-corrected chi connectivity index (χ4v) is 1.12. The average molecular weight is 162 g/mol. The Morgan fingerprint density at radius 1 is 1.58 bits per heavy atom. The predicted molar refractivity (Wildman–Crippen MR) is 44.8 cm³/mol. The van der Waals surface area contributed by atoms with Crippen LogP contribution in [-0.2, 0) is 6.54 Å². The second kappa shape index (κ2) is 2.85. The van der Waals surface area contributed by atoms with Crippen LogP contribution < -0.4 is 0 Å². The van der Waals surface area contributed by atoms with Crippen molar-refractivity contribution < 1.29 is 4.42 Å². The lowest BCUT2D eigenvalue weighted by atomic mass is 10.4. The lowest BCUT2D eigenvalue weighted by Gasteiger charge is -2.00. The monoisotopic (exact) mass is 162 g/mol. The molecule has 62 valence electrons. The van der Waals surface area contributed by atoms with Crippen LogP contribution in [0.5, 0.6) is 0 Å². The van der Waals surface area contributed by atoms with E-state index >= 15 is 0 Å². The number of hydrogen-bond acceptors (Lipinski definition) is 2. The highest BCUT2D eigenvalue weighted by Gasteiger charge is 1.99. The standard InChI is InChI=1S/C9H10N2O/c1-8-5-10-7-11(8)6-9-3-2-4-12-9/h2-5,7H,6H2,1H3. The summed E-state index contributed by atoms with van der Waals surface area (Å²) >= 11 is 0. The fourth-order valence-electron chi connectivity index (χ4n) is 1.12. The summed E-state index contributed by atoms with van der Waals surface area (Å²) in [6.45, 7) is 2.79. The van der Waals surface area contributed by atoms with Crippen LogP contribution in [0.3, 0.4) is 0 Å². The number of aromatic nitrogens is 2. The lowest BCUT2D eigenvalue weighted by molar-refractivity contribution is 0.491. The first kappa shape index (κ1) is 7.16. The number of nitrogens with zero attached hydrogens (tertiary/aromatic N) is 2. The molecule has 2 rings (SSSR count). The molecule has 12 heavy (non-hydrogen) atoms. The van der Waals surface area contributed by atoms with Crippen molar-refractivity contribution >= 4 is 0 Å². The maximum atomic E-state index is 5.21. The smallest absolute Gasteiger partial charge is 0.123 e. The molecule has 2 heterocycles. The molecule has 3 nitrogen and oxygen atoms in total. The van der Waals surface area contributed by atoms with E-state index in [1.807, 2.05) is 29.8 Å². The van der Waals surface area contributed by atoms with Gasteiger partial charge in [0.2, 0.25) is 0 Å². The Bertz CT molecular complexity index is 348. The van der Waals surface area contributed by atoms with Crippen LogP contribution in [0.1, 0.15) is 11.5 Å². The van der Waals surface area contributed by atoms with Gasteiger partial charge < -0.3 is 8.98 Å². The van der Waals surface area contributed by atoms with E-state index in [-0.39, 0.29) is 0 Å². The molecule has 0 amide bonds. The third kappa shape index (κ3) is 1.25. The highest BCUT2D eigenvalue weighted by Crippen LogP contribution is 2.05. The van der Waals surface area contributed by atoms with Crippen LogP contribution in [0.2, 0.25) is 0 Å². The number of furan rings is 1. The van der Waals surface area contributed by atoms with Crippen LogP contribution >= 0.6 is 0 Å². The third-order valence-corrected chi connectivity index (χ3v) is 1.83. The summed E-state index contributed by atoms with van der Waals surface area (Å²) in [5.74, 6) is 0.955. The Kier molecular flexibility index (Phi) is 1.70. The molecule has 0 saturated carbocycles. The van der Waals surface area contributed by atoms with Crippen molar-refractivity contribution in [2.45, 2.75) is 13.5 Å². The van der Waals surface area contributed by atoms with Gasteiger partial charge in [0, 0.05) is 11.9 Å². The second-order valence-corrected chi connectivity index (χ2v) is 2.74. The zero-order valence-corrected chi connectivity index (χ0v) is 6.90. The number of rotatable bonds is 2. The van der Waals surface area contributed by atoms with Gasteiger partial charge in [-0.25, -0.2) is 4.98 Å². The van der Waals surface area contributed by atoms with E-state index in [9.17, 15) is 0 Å². The number of imidazole rings is 1. The number of hydrogen-bond donors (Lipinski definition) is 0. The minimum Gasteiger partial charge on any atom is -0.467 e. The summed E-state index contributed by atoms with van der Waals surface area (Å²) in [7, 11) is 0. The van der Waals surface area contributed by atoms with Gasteiger partial charge in [-0.05, 0) is 19.1 Å². The topological polar surface area (TPSA) is 31.0 Å². The Morgan fingerprint density at radius 3 is 3.08 bits per heavy atom. The summed E-state index contributed by atoms with van der Waals surface area (Å²) in [6, 6.07) is 3.85. The predicted octanol–water partition coefficient (Wildman–Crippen LogP) is 1.83. The first-order valence-electron chi connectivity index (χ1n) is 3.85. The van der Waals surface area contributed by atoms with Gasteiger partial charge in [0.15, 0.2) is 0 Å². The van der Waals surface area contributed by atoms with Crippen molar-refractivity contribution in [1.82, 2.24) is 9.55 Å². The first-order valence-corrected chi connectivity index (χ1v) is 3.85. The van der Waals surface area contributed by atoms with E-state index in [1.54, 1.807) is 12.6 Å². The van der Waals surface area contributed by atoms with E-state index in [0.29, 0.717) is 0 Å². The van der Waals surface area contributed by atoms with E-state index in [4.69, 9.17) is 4.42 Å². The molecule has 0 radical (unpaired) electrons. The molecule has 0 N–H and O–H groups in total. The normalized spacial score (nSPS) is 10.4. The van der Waals surface area contributed by atoms with Crippen molar-refractivity contribution in [3.8, 4) is 0 Å². The molecule has 0 atom stereocenters. The summed E-state index contributed by atoms with van der Waals surface area (Å²) in [6.07, 6.45) is 5.32. The molecule has 0 aromatic carbocycles. The Morgan fingerprint density at radius 2 is 2.50 bits per heavy atom. The van der Waals surface area contributed by atoms with Gasteiger partial charge in [-0.2, -0.15) is 0 Å². The number of aryl methyl sites for hydroxylation is 1. The van der Waals surface area contributed by atoms with E-state index in [1.165, 1.54) is 0 Å². The molecular weight excluding hydrogens is 152 g/mol. The quantitative estimate of drug-likeness (QED) is 0.674. The first-order chi connectivity index (χ1) is 5.86. The summed E-state index contributed by atoms with van der Waals surface area (Å²) in [5, 5.41) is 0. The maximum absolute atomic E-state index is 5.21. The van der Waals surface area contributed by atoms with Crippen molar-refractivity contribution in [3.63, 3.8) is 0 Å². The maximum Gasteiger partial charge on any atom is 0.123 e.